The van der Waals surface area contributed by atoms with Crippen molar-refractivity contribution in [2.45, 2.75) is 39.5 Å². The van der Waals surface area contributed by atoms with Gasteiger partial charge in [0.2, 0.25) is 5.95 Å². The van der Waals surface area contributed by atoms with Crippen molar-refractivity contribution in [3.8, 4) is 0 Å². The molecular formula is C15H21N5. The van der Waals surface area contributed by atoms with Crippen LogP contribution < -0.4 is 4.90 Å². The highest BCUT2D eigenvalue weighted by Crippen LogP contribution is 2.27. The lowest BCUT2D eigenvalue weighted by Gasteiger charge is -2.32. The summed E-state index contributed by atoms with van der Waals surface area (Å²) in [5.41, 5.74) is 3.19. The van der Waals surface area contributed by atoms with E-state index in [1.807, 2.05) is 33.0 Å². The summed E-state index contributed by atoms with van der Waals surface area (Å²) < 4.78 is 0. The zero-order valence-corrected chi connectivity index (χ0v) is 12.3. The number of rotatable bonds is 2. The van der Waals surface area contributed by atoms with Crippen LogP contribution in [0.15, 0.2) is 12.3 Å². The summed E-state index contributed by atoms with van der Waals surface area (Å²) in [4.78, 5) is 19.3. The van der Waals surface area contributed by atoms with Crippen LogP contribution in [-0.4, -0.2) is 33.0 Å². The Morgan fingerprint density at radius 3 is 2.60 bits per heavy atom. The second kappa shape index (κ2) is 5.23. The van der Waals surface area contributed by atoms with Gasteiger partial charge in [0.1, 0.15) is 5.82 Å². The molecule has 2 aromatic heterocycles. The first-order valence-electron chi connectivity index (χ1n) is 7.20. The van der Waals surface area contributed by atoms with E-state index in [2.05, 4.69) is 24.8 Å². The van der Waals surface area contributed by atoms with Gasteiger partial charge < -0.3 is 9.88 Å². The van der Waals surface area contributed by atoms with Crippen molar-refractivity contribution in [3.63, 3.8) is 0 Å². The number of nitrogens with zero attached hydrogens (tertiary/aromatic N) is 4. The quantitative estimate of drug-likeness (QED) is 0.911. The number of aromatic amines is 1. The molecule has 3 rings (SSSR count). The number of H-pyrrole nitrogens is 1. The molecule has 5 nitrogen and oxygen atoms in total. The van der Waals surface area contributed by atoms with Crippen molar-refractivity contribution in [2.24, 2.45) is 0 Å². The van der Waals surface area contributed by atoms with E-state index in [4.69, 9.17) is 0 Å². The largest absolute Gasteiger partial charge is 0.346 e. The lowest BCUT2D eigenvalue weighted by molar-refractivity contribution is 0.487. The van der Waals surface area contributed by atoms with Gasteiger partial charge in [-0.15, -0.1) is 0 Å². The van der Waals surface area contributed by atoms with Crippen molar-refractivity contribution in [1.82, 2.24) is 19.9 Å². The third kappa shape index (κ3) is 2.66. The SMILES string of the molecule is Cc1cc(C)nc(N2CCC[C@@H](c3ncc(C)[nH]3)C2)n1. The normalized spacial score (nSPS) is 19.4. The summed E-state index contributed by atoms with van der Waals surface area (Å²) in [6.07, 6.45) is 4.23. The van der Waals surface area contributed by atoms with Gasteiger partial charge in [0.25, 0.3) is 0 Å². The van der Waals surface area contributed by atoms with Gasteiger partial charge in [0, 0.05) is 42.3 Å². The minimum absolute atomic E-state index is 0.446. The first-order valence-corrected chi connectivity index (χ1v) is 7.20. The molecule has 1 fully saturated rings. The number of aryl methyl sites for hydroxylation is 3. The summed E-state index contributed by atoms with van der Waals surface area (Å²) in [5, 5.41) is 0. The molecular weight excluding hydrogens is 250 g/mol. The van der Waals surface area contributed by atoms with E-state index in [0.29, 0.717) is 5.92 Å². The number of aromatic nitrogens is 4. The maximum atomic E-state index is 4.58. The summed E-state index contributed by atoms with van der Waals surface area (Å²) in [5.74, 6) is 2.40. The van der Waals surface area contributed by atoms with Crippen LogP contribution in [0.3, 0.4) is 0 Å². The Morgan fingerprint density at radius 2 is 1.95 bits per heavy atom. The zero-order valence-electron chi connectivity index (χ0n) is 12.3. The summed E-state index contributed by atoms with van der Waals surface area (Å²) in [6, 6.07) is 2.01. The minimum Gasteiger partial charge on any atom is -0.346 e. The fraction of sp³-hybridized carbons (Fsp3) is 0.533. The van der Waals surface area contributed by atoms with Crippen molar-refractivity contribution in [3.05, 3.63) is 35.2 Å². The maximum Gasteiger partial charge on any atom is 0.225 e. The second-order valence-electron chi connectivity index (χ2n) is 5.69. The number of anilines is 1. The third-order valence-corrected chi connectivity index (χ3v) is 3.78. The maximum absolute atomic E-state index is 4.58. The van der Waals surface area contributed by atoms with Gasteiger partial charge in [0.15, 0.2) is 0 Å². The van der Waals surface area contributed by atoms with Gasteiger partial charge in [-0.1, -0.05) is 0 Å². The number of piperidine rings is 1. The molecule has 1 saturated heterocycles. The van der Waals surface area contributed by atoms with E-state index in [9.17, 15) is 0 Å². The molecule has 2 aromatic rings. The van der Waals surface area contributed by atoms with Crippen LogP contribution in [0.4, 0.5) is 5.95 Å². The zero-order chi connectivity index (χ0) is 14.1. The predicted octanol–water partition coefficient (Wildman–Crippen LogP) is 2.51. The van der Waals surface area contributed by atoms with Crippen LogP contribution in [0.1, 0.15) is 41.7 Å². The van der Waals surface area contributed by atoms with E-state index < -0.39 is 0 Å². The third-order valence-electron chi connectivity index (χ3n) is 3.78. The van der Waals surface area contributed by atoms with E-state index in [1.165, 1.54) is 6.42 Å². The first kappa shape index (κ1) is 13.1. The monoisotopic (exact) mass is 271 g/mol. The van der Waals surface area contributed by atoms with Crippen molar-refractivity contribution >= 4 is 5.95 Å². The Kier molecular flexibility index (Phi) is 3.42. The Labute approximate surface area is 119 Å². The molecule has 106 valence electrons. The average molecular weight is 271 g/mol. The van der Waals surface area contributed by atoms with Gasteiger partial charge in [-0.05, 0) is 39.7 Å². The molecule has 1 aliphatic heterocycles. The van der Waals surface area contributed by atoms with Crippen molar-refractivity contribution < 1.29 is 0 Å². The molecule has 1 aliphatic rings. The van der Waals surface area contributed by atoms with E-state index >= 15 is 0 Å². The predicted molar refractivity (Wildman–Crippen MR) is 79.0 cm³/mol. The Morgan fingerprint density at radius 1 is 1.20 bits per heavy atom. The molecule has 20 heavy (non-hydrogen) atoms. The lowest BCUT2D eigenvalue weighted by Crippen LogP contribution is -2.36. The van der Waals surface area contributed by atoms with Gasteiger partial charge in [0.05, 0.1) is 0 Å². The first-order chi connectivity index (χ1) is 9.61. The highest BCUT2D eigenvalue weighted by molar-refractivity contribution is 5.34. The van der Waals surface area contributed by atoms with Crippen LogP contribution >= 0.6 is 0 Å². The highest BCUT2D eigenvalue weighted by Gasteiger charge is 2.25. The Bertz CT molecular complexity index is 584. The minimum atomic E-state index is 0.446. The molecule has 1 N–H and O–H groups in total. The summed E-state index contributed by atoms with van der Waals surface area (Å²) in [7, 11) is 0. The molecule has 0 spiro atoms. The van der Waals surface area contributed by atoms with Gasteiger partial charge in [-0.3, -0.25) is 0 Å². The average Bonchev–Trinajstić information content (AvgIpc) is 2.85. The van der Waals surface area contributed by atoms with E-state index in [0.717, 1.165) is 48.4 Å². The number of hydrogen-bond donors (Lipinski definition) is 1. The molecule has 0 unspecified atom stereocenters. The molecule has 3 heterocycles. The van der Waals surface area contributed by atoms with Crippen LogP contribution in [-0.2, 0) is 0 Å². The fourth-order valence-corrected chi connectivity index (χ4v) is 2.87. The molecule has 0 aliphatic carbocycles. The van der Waals surface area contributed by atoms with Crippen LogP contribution in [0, 0.1) is 20.8 Å². The van der Waals surface area contributed by atoms with Gasteiger partial charge in [-0.2, -0.15) is 0 Å². The van der Waals surface area contributed by atoms with Crippen LogP contribution in [0.25, 0.3) is 0 Å². The van der Waals surface area contributed by atoms with Gasteiger partial charge >= 0.3 is 0 Å². The van der Waals surface area contributed by atoms with Crippen molar-refractivity contribution in [2.75, 3.05) is 18.0 Å². The molecule has 5 heteroatoms. The van der Waals surface area contributed by atoms with E-state index in [-0.39, 0.29) is 0 Å². The highest BCUT2D eigenvalue weighted by atomic mass is 15.3. The lowest BCUT2D eigenvalue weighted by atomic mass is 9.97. The summed E-state index contributed by atoms with van der Waals surface area (Å²) >= 11 is 0. The molecule has 0 bridgehead atoms. The number of imidazole rings is 1. The molecule has 0 saturated carbocycles. The van der Waals surface area contributed by atoms with E-state index in [1.54, 1.807) is 0 Å². The van der Waals surface area contributed by atoms with Gasteiger partial charge in [-0.25, -0.2) is 15.0 Å². The van der Waals surface area contributed by atoms with Crippen LogP contribution in [0.5, 0.6) is 0 Å². The second-order valence-corrected chi connectivity index (χ2v) is 5.69. The standard InChI is InChI=1S/C15H21N5/c1-10-7-11(2)19-15(18-10)20-6-4-5-13(9-20)14-16-8-12(3)17-14/h7-8,13H,4-6,9H2,1-3H3,(H,16,17)/t13-/m1/s1. The Hall–Kier alpha value is -1.91. The topological polar surface area (TPSA) is 57.7 Å². The van der Waals surface area contributed by atoms with Crippen LogP contribution in [0.2, 0.25) is 0 Å². The number of nitrogens with one attached hydrogen (secondary N) is 1. The Balaban J connectivity index is 1.81. The van der Waals surface area contributed by atoms with Crippen molar-refractivity contribution in [1.29, 1.82) is 0 Å². The smallest absolute Gasteiger partial charge is 0.225 e. The summed E-state index contributed by atoms with van der Waals surface area (Å²) in [6.45, 7) is 8.06. The molecule has 1 atom stereocenters. The molecule has 0 radical (unpaired) electrons. The number of hydrogen-bond acceptors (Lipinski definition) is 4. The fourth-order valence-electron chi connectivity index (χ4n) is 2.87. The molecule has 0 aromatic carbocycles. The molecule has 0 amide bonds.